The highest BCUT2D eigenvalue weighted by atomic mass is 35.5. The topological polar surface area (TPSA) is 24.9 Å². The number of aromatic nitrogens is 1. The van der Waals surface area contributed by atoms with Crippen LogP contribution in [0, 0.1) is 0 Å². The number of hydrogen-bond acceptors (Lipinski definition) is 2. The second kappa shape index (κ2) is 6.67. The zero-order chi connectivity index (χ0) is 11.1. The molecule has 0 spiro atoms. The Balaban J connectivity index is 2.54. The van der Waals surface area contributed by atoms with E-state index in [1.54, 1.807) is 6.20 Å². The molecule has 0 aliphatic rings. The fourth-order valence-electron chi connectivity index (χ4n) is 1.54. The molecule has 0 saturated heterocycles. The lowest BCUT2D eigenvalue weighted by Gasteiger charge is -2.18. The van der Waals surface area contributed by atoms with Crippen molar-refractivity contribution < 1.29 is 0 Å². The minimum absolute atomic E-state index is 0.506. The van der Waals surface area contributed by atoms with Crippen LogP contribution in [0.4, 0.5) is 5.69 Å². The van der Waals surface area contributed by atoms with Gasteiger partial charge >= 0.3 is 0 Å². The minimum atomic E-state index is 0.506. The average molecular weight is 227 g/mol. The largest absolute Gasteiger partial charge is 0.380 e. The third kappa shape index (κ3) is 4.08. The Kier molecular flexibility index (Phi) is 5.48. The molecule has 1 rings (SSSR count). The first-order chi connectivity index (χ1) is 7.27. The van der Waals surface area contributed by atoms with Crippen molar-refractivity contribution in [3.63, 3.8) is 0 Å². The van der Waals surface area contributed by atoms with Crippen LogP contribution in [0.1, 0.15) is 39.5 Å². The van der Waals surface area contributed by atoms with Crippen LogP contribution in [0.15, 0.2) is 18.3 Å². The molecule has 1 aromatic heterocycles. The maximum atomic E-state index is 5.99. The van der Waals surface area contributed by atoms with E-state index in [2.05, 4.69) is 24.1 Å². The Hall–Kier alpha value is -0.760. The first-order valence-corrected chi connectivity index (χ1v) is 6.02. The van der Waals surface area contributed by atoms with E-state index in [0.717, 1.165) is 12.1 Å². The van der Waals surface area contributed by atoms with E-state index in [1.807, 2.05) is 12.1 Å². The van der Waals surface area contributed by atoms with Gasteiger partial charge in [0.1, 0.15) is 0 Å². The SMILES string of the molecule is CCCCC(CC)Nc1cccnc1Cl. The molecule has 0 fully saturated rings. The van der Waals surface area contributed by atoms with E-state index in [0.29, 0.717) is 11.2 Å². The van der Waals surface area contributed by atoms with Gasteiger partial charge in [0.15, 0.2) is 5.15 Å². The fraction of sp³-hybridized carbons (Fsp3) is 0.583. The molecule has 15 heavy (non-hydrogen) atoms. The van der Waals surface area contributed by atoms with Crippen molar-refractivity contribution in [3.05, 3.63) is 23.5 Å². The van der Waals surface area contributed by atoms with Crippen LogP contribution in [-0.4, -0.2) is 11.0 Å². The van der Waals surface area contributed by atoms with Crippen molar-refractivity contribution in [3.8, 4) is 0 Å². The van der Waals surface area contributed by atoms with Crippen molar-refractivity contribution in [2.75, 3.05) is 5.32 Å². The second-order valence-electron chi connectivity index (χ2n) is 3.73. The Morgan fingerprint density at radius 2 is 2.27 bits per heavy atom. The van der Waals surface area contributed by atoms with Crippen molar-refractivity contribution >= 4 is 17.3 Å². The van der Waals surface area contributed by atoms with Gasteiger partial charge in [0.2, 0.25) is 0 Å². The van der Waals surface area contributed by atoms with Gasteiger partial charge < -0.3 is 5.32 Å². The Morgan fingerprint density at radius 1 is 1.47 bits per heavy atom. The number of nitrogens with zero attached hydrogens (tertiary/aromatic N) is 1. The van der Waals surface area contributed by atoms with Crippen molar-refractivity contribution in [2.45, 2.75) is 45.6 Å². The van der Waals surface area contributed by atoms with E-state index < -0.39 is 0 Å². The molecule has 0 aliphatic heterocycles. The lowest BCUT2D eigenvalue weighted by atomic mass is 10.1. The summed E-state index contributed by atoms with van der Waals surface area (Å²) in [7, 11) is 0. The maximum absolute atomic E-state index is 5.99. The van der Waals surface area contributed by atoms with Gasteiger partial charge in [0.05, 0.1) is 5.69 Å². The van der Waals surface area contributed by atoms with Gasteiger partial charge in [0, 0.05) is 12.2 Å². The molecule has 0 bridgehead atoms. The number of halogens is 1. The molecular weight excluding hydrogens is 208 g/mol. The van der Waals surface area contributed by atoms with Gasteiger partial charge in [-0.1, -0.05) is 38.3 Å². The Labute approximate surface area is 97.1 Å². The highest BCUT2D eigenvalue weighted by Crippen LogP contribution is 2.20. The van der Waals surface area contributed by atoms with Crippen molar-refractivity contribution in [1.29, 1.82) is 0 Å². The Bertz CT molecular complexity index is 289. The standard InChI is InChI=1S/C12H19ClN2/c1-3-5-7-10(4-2)15-11-8-6-9-14-12(11)13/h6,8-10,15H,3-5,7H2,1-2H3. The normalized spacial score (nSPS) is 12.5. The number of hydrogen-bond donors (Lipinski definition) is 1. The van der Waals surface area contributed by atoms with Gasteiger partial charge in [0.25, 0.3) is 0 Å². The number of unbranched alkanes of at least 4 members (excludes halogenated alkanes) is 1. The van der Waals surface area contributed by atoms with E-state index in [1.165, 1.54) is 19.3 Å². The molecule has 1 heterocycles. The molecule has 0 aromatic carbocycles. The van der Waals surface area contributed by atoms with Gasteiger partial charge in [-0.25, -0.2) is 4.98 Å². The van der Waals surface area contributed by atoms with Crippen molar-refractivity contribution in [1.82, 2.24) is 4.98 Å². The summed E-state index contributed by atoms with van der Waals surface area (Å²) < 4.78 is 0. The minimum Gasteiger partial charge on any atom is -0.380 e. The van der Waals surface area contributed by atoms with Crippen LogP contribution in [-0.2, 0) is 0 Å². The molecule has 0 amide bonds. The first-order valence-electron chi connectivity index (χ1n) is 5.65. The predicted molar refractivity (Wildman–Crippen MR) is 66.5 cm³/mol. The third-order valence-corrected chi connectivity index (χ3v) is 2.82. The van der Waals surface area contributed by atoms with Crippen LogP contribution in [0.3, 0.4) is 0 Å². The highest BCUT2D eigenvalue weighted by molar-refractivity contribution is 6.31. The summed E-state index contributed by atoms with van der Waals surface area (Å²) in [6.45, 7) is 4.40. The predicted octanol–water partition coefficient (Wildman–Crippen LogP) is 4.12. The van der Waals surface area contributed by atoms with E-state index in [-0.39, 0.29) is 0 Å². The van der Waals surface area contributed by atoms with Gasteiger partial charge in [-0.05, 0) is 25.0 Å². The number of anilines is 1. The summed E-state index contributed by atoms with van der Waals surface area (Å²) >= 11 is 5.99. The summed E-state index contributed by atoms with van der Waals surface area (Å²) in [5.74, 6) is 0. The molecule has 3 heteroatoms. The molecule has 2 nitrogen and oxygen atoms in total. The molecule has 1 atom stereocenters. The Morgan fingerprint density at radius 3 is 2.87 bits per heavy atom. The molecule has 1 N–H and O–H groups in total. The highest BCUT2D eigenvalue weighted by Gasteiger charge is 2.07. The third-order valence-electron chi connectivity index (χ3n) is 2.52. The average Bonchev–Trinajstić information content (AvgIpc) is 2.26. The molecule has 0 saturated carbocycles. The molecule has 1 aromatic rings. The van der Waals surface area contributed by atoms with Gasteiger partial charge in [-0.15, -0.1) is 0 Å². The summed E-state index contributed by atoms with van der Waals surface area (Å²) in [4.78, 5) is 4.05. The van der Waals surface area contributed by atoms with Crippen LogP contribution >= 0.6 is 11.6 Å². The smallest absolute Gasteiger partial charge is 0.152 e. The molecular formula is C12H19ClN2. The summed E-state index contributed by atoms with van der Waals surface area (Å²) in [5.41, 5.74) is 0.946. The van der Waals surface area contributed by atoms with E-state index >= 15 is 0 Å². The number of rotatable bonds is 6. The lowest BCUT2D eigenvalue weighted by Crippen LogP contribution is -2.18. The quantitative estimate of drug-likeness (QED) is 0.739. The summed E-state index contributed by atoms with van der Waals surface area (Å²) in [5, 5.41) is 4.00. The van der Waals surface area contributed by atoms with Crippen LogP contribution in [0.5, 0.6) is 0 Å². The zero-order valence-electron chi connectivity index (χ0n) is 9.46. The molecule has 0 aliphatic carbocycles. The maximum Gasteiger partial charge on any atom is 0.152 e. The lowest BCUT2D eigenvalue weighted by molar-refractivity contribution is 0.593. The number of pyridine rings is 1. The van der Waals surface area contributed by atoms with Gasteiger partial charge in [-0.3, -0.25) is 0 Å². The number of nitrogens with one attached hydrogen (secondary N) is 1. The molecule has 84 valence electrons. The second-order valence-corrected chi connectivity index (χ2v) is 4.09. The van der Waals surface area contributed by atoms with Gasteiger partial charge in [-0.2, -0.15) is 0 Å². The summed E-state index contributed by atoms with van der Waals surface area (Å²) in [6, 6.07) is 4.39. The van der Waals surface area contributed by atoms with Crippen LogP contribution < -0.4 is 5.32 Å². The zero-order valence-corrected chi connectivity index (χ0v) is 10.2. The monoisotopic (exact) mass is 226 g/mol. The van der Waals surface area contributed by atoms with Crippen molar-refractivity contribution in [2.24, 2.45) is 0 Å². The fourth-order valence-corrected chi connectivity index (χ4v) is 1.72. The molecule has 1 unspecified atom stereocenters. The van der Waals surface area contributed by atoms with Crippen LogP contribution in [0.25, 0.3) is 0 Å². The first kappa shape index (κ1) is 12.3. The summed E-state index contributed by atoms with van der Waals surface area (Å²) in [6.07, 6.45) is 6.51. The van der Waals surface area contributed by atoms with E-state index in [9.17, 15) is 0 Å². The van der Waals surface area contributed by atoms with E-state index in [4.69, 9.17) is 11.6 Å². The van der Waals surface area contributed by atoms with Crippen LogP contribution in [0.2, 0.25) is 5.15 Å². The molecule has 0 radical (unpaired) electrons.